The molecule has 0 aromatic rings. The molecule has 0 aromatic carbocycles. The van der Waals surface area contributed by atoms with Crippen molar-refractivity contribution in [1.29, 1.82) is 0 Å². The molecule has 10 heavy (non-hydrogen) atoms. The number of piperidine rings is 1. The molecule has 1 aliphatic rings. The van der Waals surface area contributed by atoms with Gasteiger partial charge in [0.15, 0.2) is 0 Å². The molecular formula is C8H17NO. The van der Waals surface area contributed by atoms with Crippen LogP contribution in [0.2, 0.25) is 0 Å². The fraction of sp³-hybridized carbons (Fsp3) is 1.00. The summed E-state index contributed by atoms with van der Waals surface area (Å²) in [5, 5.41) is 3.44. The third-order valence-corrected chi connectivity index (χ3v) is 2.17. The van der Waals surface area contributed by atoms with Crippen LogP contribution < -0.4 is 5.32 Å². The highest BCUT2D eigenvalue weighted by Gasteiger charge is 2.16. The summed E-state index contributed by atoms with van der Waals surface area (Å²) in [6.07, 6.45) is 2.62. The summed E-state index contributed by atoms with van der Waals surface area (Å²) in [5.74, 6) is 0.751. The van der Waals surface area contributed by atoms with E-state index < -0.39 is 0 Å². The number of hydrogen-bond acceptors (Lipinski definition) is 2. The molecule has 0 spiro atoms. The van der Waals surface area contributed by atoms with E-state index in [9.17, 15) is 0 Å². The smallest absolute Gasteiger partial charge is 0.0502 e. The van der Waals surface area contributed by atoms with E-state index in [1.807, 2.05) is 0 Å². The van der Waals surface area contributed by atoms with Crippen molar-refractivity contribution >= 4 is 0 Å². The maximum absolute atomic E-state index is 5.08. The quantitative estimate of drug-likeness (QED) is 0.623. The van der Waals surface area contributed by atoms with Gasteiger partial charge in [-0.2, -0.15) is 0 Å². The van der Waals surface area contributed by atoms with E-state index in [1.54, 1.807) is 7.11 Å². The van der Waals surface area contributed by atoms with Crippen LogP contribution in [0.1, 0.15) is 19.8 Å². The minimum absolute atomic E-state index is 0.716. The average molecular weight is 143 g/mol. The Morgan fingerprint density at radius 2 is 2.30 bits per heavy atom. The van der Waals surface area contributed by atoms with Crippen molar-refractivity contribution in [1.82, 2.24) is 5.32 Å². The minimum Gasteiger partial charge on any atom is -0.384 e. The van der Waals surface area contributed by atoms with E-state index in [0.29, 0.717) is 6.04 Å². The predicted molar refractivity (Wildman–Crippen MR) is 42.1 cm³/mol. The normalized spacial score (nSPS) is 34.2. The van der Waals surface area contributed by atoms with Crippen LogP contribution in [0.5, 0.6) is 0 Å². The van der Waals surface area contributed by atoms with Crippen LogP contribution in [-0.2, 0) is 4.74 Å². The predicted octanol–water partition coefficient (Wildman–Crippen LogP) is 1.02. The van der Waals surface area contributed by atoms with Gasteiger partial charge in [-0.3, -0.25) is 0 Å². The highest BCUT2D eigenvalue weighted by molar-refractivity contribution is 4.73. The molecule has 0 radical (unpaired) electrons. The molecule has 0 amide bonds. The summed E-state index contributed by atoms with van der Waals surface area (Å²) in [6.45, 7) is 4.29. The zero-order valence-corrected chi connectivity index (χ0v) is 6.89. The van der Waals surface area contributed by atoms with Gasteiger partial charge in [0.2, 0.25) is 0 Å². The van der Waals surface area contributed by atoms with Gasteiger partial charge >= 0.3 is 0 Å². The number of hydrogen-bond donors (Lipinski definition) is 1. The van der Waals surface area contributed by atoms with Crippen molar-refractivity contribution in [2.45, 2.75) is 25.8 Å². The zero-order chi connectivity index (χ0) is 7.40. The SMILES string of the molecule is COCC1CCC(C)NC1. The summed E-state index contributed by atoms with van der Waals surface area (Å²) >= 11 is 0. The highest BCUT2D eigenvalue weighted by atomic mass is 16.5. The van der Waals surface area contributed by atoms with Crippen molar-refractivity contribution in [2.24, 2.45) is 5.92 Å². The third kappa shape index (κ3) is 2.27. The van der Waals surface area contributed by atoms with Crippen molar-refractivity contribution in [3.05, 3.63) is 0 Å². The van der Waals surface area contributed by atoms with E-state index >= 15 is 0 Å². The fourth-order valence-corrected chi connectivity index (χ4v) is 1.44. The second kappa shape index (κ2) is 3.94. The molecule has 2 heteroatoms. The molecule has 2 unspecified atom stereocenters. The Bertz CT molecular complexity index is 87.3. The van der Waals surface area contributed by atoms with Gasteiger partial charge in [-0.05, 0) is 25.7 Å². The lowest BCUT2D eigenvalue weighted by molar-refractivity contribution is 0.131. The van der Waals surface area contributed by atoms with Crippen LogP contribution in [0.3, 0.4) is 0 Å². The standard InChI is InChI=1S/C8H17NO/c1-7-3-4-8(5-9-7)6-10-2/h7-9H,3-6H2,1-2H3. The van der Waals surface area contributed by atoms with Gasteiger partial charge in [0.25, 0.3) is 0 Å². The number of nitrogens with one attached hydrogen (secondary N) is 1. The van der Waals surface area contributed by atoms with E-state index in [0.717, 1.165) is 19.1 Å². The molecule has 0 bridgehead atoms. The number of methoxy groups -OCH3 is 1. The lowest BCUT2D eigenvalue weighted by atomic mass is 9.96. The molecule has 0 aromatic heterocycles. The molecule has 1 heterocycles. The third-order valence-electron chi connectivity index (χ3n) is 2.17. The molecule has 1 saturated heterocycles. The largest absolute Gasteiger partial charge is 0.384 e. The van der Waals surface area contributed by atoms with Gasteiger partial charge in [-0.15, -0.1) is 0 Å². The zero-order valence-electron chi connectivity index (χ0n) is 6.89. The first-order valence-electron chi connectivity index (χ1n) is 4.05. The second-order valence-corrected chi connectivity index (χ2v) is 3.21. The molecule has 0 aliphatic carbocycles. The molecule has 60 valence electrons. The maximum atomic E-state index is 5.08. The van der Waals surface area contributed by atoms with Crippen LogP contribution in [0, 0.1) is 5.92 Å². The van der Waals surface area contributed by atoms with Crippen LogP contribution in [0.15, 0.2) is 0 Å². The molecule has 1 rings (SSSR count). The molecular weight excluding hydrogens is 126 g/mol. The van der Waals surface area contributed by atoms with Crippen molar-refractivity contribution < 1.29 is 4.74 Å². The minimum atomic E-state index is 0.716. The first-order valence-corrected chi connectivity index (χ1v) is 4.05. The summed E-state index contributed by atoms with van der Waals surface area (Å²) in [4.78, 5) is 0. The summed E-state index contributed by atoms with van der Waals surface area (Å²) in [7, 11) is 1.78. The molecule has 0 saturated carbocycles. The van der Waals surface area contributed by atoms with Crippen LogP contribution >= 0.6 is 0 Å². The van der Waals surface area contributed by atoms with E-state index in [4.69, 9.17) is 4.74 Å². The van der Waals surface area contributed by atoms with Crippen molar-refractivity contribution in [3.63, 3.8) is 0 Å². The summed E-state index contributed by atoms with van der Waals surface area (Å²) < 4.78 is 5.08. The summed E-state index contributed by atoms with van der Waals surface area (Å²) in [6, 6.07) is 0.716. The Balaban J connectivity index is 2.13. The first-order chi connectivity index (χ1) is 4.83. The van der Waals surface area contributed by atoms with Gasteiger partial charge in [0.05, 0.1) is 6.61 Å². The fourth-order valence-electron chi connectivity index (χ4n) is 1.44. The lowest BCUT2D eigenvalue weighted by Gasteiger charge is -2.26. The molecule has 1 aliphatic heterocycles. The van der Waals surface area contributed by atoms with Gasteiger partial charge in [0.1, 0.15) is 0 Å². The Morgan fingerprint density at radius 3 is 2.80 bits per heavy atom. The van der Waals surface area contributed by atoms with Crippen LogP contribution in [0.4, 0.5) is 0 Å². The van der Waals surface area contributed by atoms with E-state index in [-0.39, 0.29) is 0 Å². The van der Waals surface area contributed by atoms with E-state index in [1.165, 1.54) is 12.8 Å². The van der Waals surface area contributed by atoms with Crippen LogP contribution in [0.25, 0.3) is 0 Å². The van der Waals surface area contributed by atoms with Crippen LogP contribution in [-0.4, -0.2) is 26.3 Å². The molecule has 2 nitrogen and oxygen atoms in total. The Labute approximate surface area is 63.0 Å². The lowest BCUT2D eigenvalue weighted by Crippen LogP contribution is -2.38. The van der Waals surface area contributed by atoms with Gasteiger partial charge in [-0.25, -0.2) is 0 Å². The summed E-state index contributed by atoms with van der Waals surface area (Å²) in [5.41, 5.74) is 0. The second-order valence-electron chi connectivity index (χ2n) is 3.21. The van der Waals surface area contributed by atoms with Gasteiger partial charge in [-0.1, -0.05) is 0 Å². The average Bonchev–Trinajstić information content (AvgIpc) is 1.95. The molecule has 1 fully saturated rings. The van der Waals surface area contributed by atoms with Crippen molar-refractivity contribution in [2.75, 3.05) is 20.3 Å². The first kappa shape index (κ1) is 8.02. The molecule has 1 N–H and O–H groups in total. The Hall–Kier alpha value is -0.0800. The molecule has 2 atom stereocenters. The topological polar surface area (TPSA) is 21.3 Å². The van der Waals surface area contributed by atoms with Crippen molar-refractivity contribution in [3.8, 4) is 0 Å². The maximum Gasteiger partial charge on any atom is 0.0502 e. The monoisotopic (exact) mass is 143 g/mol. The van der Waals surface area contributed by atoms with E-state index in [2.05, 4.69) is 12.2 Å². The Morgan fingerprint density at radius 1 is 1.50 bits per heavy atom. The highest BCUT2D eigenvalue weighted by Crippen LogP contribution is 2.13. The number of ether oxygens (including phenoxy) is 1. The van der Waals surface area contributed by atoms with Gasteiger partial charge < -0.3 is 10.1 Å². The van der Waals surface area contributed by atoms with Gasteiger partial charge in [0, 0.05) is 19.7 Å². The number of rotatable bonds is 2. The Kier molecular flexibility index (Phi) is 3.16.